The van der Waals surface area contributed by atoms with Crippen molar-refractivity contribution in [1.82, 2.24) is 14.9 Å². The third kappa shape index (κ3) is 3.60. The molecular formula is C11H11F2N3O4S. The van der Waals surface area contributed by atoms with Crippen LogP contribution in [0.2, 0.25) is 0 Å². The van der Waals surface area contributed by atoms with E-state index in [4.69, 9.17) is 5.11 Å². The van der Waals surface area contributed by atoms with Gasteiger partial charge in [-0.15, -0.1) is 0 Å². The Labute approximate surface area is 118 Å². The Bertz CT molecular complexity index is 719. The number of sulfonamides is 1. The number of aliphatic hydroxyl groups excluding tert-OH is 1. The summed E-state index contributed by atoms with van der Waals surface area (Å²) < 4.78 is 57.5. The average Bonchev–Trinajstić information content (AvgIpc) is 2.94. The molecule has 0 saturated heterocycles. The van der Waals surface area contributed by atoms with E-state index in [-0.39, 0.29) is 24.4 Å². The number of hydrogen-bond donors (Lipinski definition) is 2. The molecule has 0 unspecified atom stereocenters. The lowest BCUT2D eigenvalue weighted by atomic mass is 10.2. The van der Waals surface area contributed by atoms with Gasteiger partial charge in [-0.2, -0.15) is 4.98 Å². The molecule has 0 spiro atoms. The average molecular weight is 319 g/mol. The summed E-state index contributed by atoms with van der Waals surface area (Å²) in [6.45, 7) is -0.739. The Morgan fingerprint density at radius 1 is 1.33 bits per heavy atom. The summed E-state index contributed by atoms with van der Waals surface area (Å²) in [6, 6.07) is 1.60. The van der Waals surface area contributed by atoms with Gasteiger partial charge in [0.1, 0.15) is 4.90 Å². The minimum atomic E-state index is -4.27. The van der Waals surface area contributed by atoms with Gasteiger partial charge in [0.05, 0.1) is 6.61 Å². The molecule has 2 aromatic rings. The van der Waals surface area contributed by atoms with Crippen molar-refractivity contribution in [2.45, 2.75) is 17.9 Å². The van der Waals surface area contributed by atoms with Crippen molar-refractivity contribution in [2.75, 3.05) is 6.54 Å². The van der Waals surface area contributed by atoms with Crippen LogP contribution in [0.25, 0.3) is 0 Å². The zero-order valence-corrected chi connectivity index (χ0v) is 11.4. The highest BCUT2D eigenvalue weighted by molar-refractivity contribution is 7.89. The molecule has 1 aromatic heterocycles. The maximum Gasteiger partial charge on any atom is 0.243 e. The third-order valence-corrected chi connectivity index (χ3v) is 4.02. The highest BCUT2D eigenvalue weighted by atomic mass is 32.2. The minimum absolute atomic E-state index is 0.0498. The first-order valence-electron chi connectivity index (χ1n) is 5.78. The number of benzene rings is 1. The van der Waals surface area contributed by atoms with E-state index < -0.39 is 33.2 Å². The molecule has 0 fully saturated rings. The molecule has 0 bridgehead atoms. The fourth-order valence-electron chi connectivity index (χ4n) is 1.58. The van der Waals surface area contributed by atoms with Crippen LogP contribution in [0.1, 0.15) is 11.5 Å². The standard InChI is InChI=1S/C11H11F2N3O4S/c12-8-3-7(5-17)4-9(11(8)13)21(18,19)16-2-1-10-14-6-15-20-10/h3-4,6,16-17H,1-2,5H2. The highest BCUT2D eigenvalue weighted by Gasteiger charge is 2.22. The van der Waals surface area contributed by atoms with Gasteiger partial charge in [0, 0.05) is 13.0 Å². The molecule has 0 aliphatic carbocycles. The largest absolute Gasteiger partial charge is 0.392 e. The lowest BCUT2D eigenvalue weighted by Crippen LogP contribution is -2.27. The molecule has 0 atom stereocenters. The Hall–Kier alpha value is -1.91. The van der Waals surface area contributed by atoms with Crippen LogP contribution in [0, 0.1) is 11.6 Å². The maximum atomic E-state index is 13.6. The summed E-state index contributed by atoms with van der Waals surface area (Å²) in [4.78, 5) is 2.82. The van der Waals surface area contributed by atoms with Crippen LogP contribution >= 0.6 is 0 Å². The number of rotatable bonds is 6. The number of nitrogens with one attached hydrogen (secondary N) is 1. The SMILES string of the molecule is O=S(=O)(NCCc1ncno1)c1cc(CO)cc(F)c1F. The summed E-state index contributed by atoms with van der Waals surface area (Å²) in [5, 5.41) is 12.3. The Morgan fingerprint density at radius 2 is 2.10 bits per heavy atom. The van der Waals surface area contributed by atoms with E-state index in [1.807, 2.05) is 0 Å². The molecular weight excluding hydrogens is 308 g/mol. The number of aliphatic hydroxyl groups is 1. The quantitative estimate of drug-likeness (QED) is 0.796. The van der Waals surface area contributed by atoms with Crippen LogP contribution in [0.5, 0.6) is 0 Å². The number of nitrogens with zero attached hydrogens (tertiary/aromatic N) is 2. The molecule has 0 aliphatic heterocycles. The predicted octanol–water partition coefficient (Wildman–Crippen LogP) is 0.361. The molecule has 1 aromatic carbocycles. The van der Waals surface area contributed by atoms with E-state index in [0.717, 1.165) is 18.5 Å². The summed E-state index contributed by atoms with van der Waals surface area (Å²) in [6.07, 6.45) is 1.26. The number of hydrogen-bond acceptors (Lipinski definition) is 6. The summed E-state index contributed by atoms with van der Waals surface area (Å²) in [5.41, 5.74) is -0.0498. The van der Waals surface area contributed by atoms with E-state index in [1.54, 1.807) is 0 Å². The summed E-state index contributed by atoms with van der Waals surface area (Å²) in [7, 11) is -4.27. The van der Waals surface area contributed by atoms with E-state index in [9.17, 15) is 17.2 Å². The van der Waals surface area contributed by atoms with Crippen molar-refractivity contribution in [3.05, 3.63) is 41.5 Å². The van der Waals surface area contributed by atoms with Crippen molar-refractivity contribution in [3.63, 3.8) is 0 Å². The molecule has 7 nitrogen and oxygen atoms in total. The van der Waals surface area contributed by atoms with Gasteiger partial charge in [-0.1, -0.05) is 5.16 Å². The second-order valence-electron chi connectivity index (χ2n) is 4.03. The van der Waals surface area contributed by atoms with Gasteiger partial charge in [0.25, 0.3) is 0 Å². The fourth-order valence-corrected chi connectivity index (χ4v) is 2.75. The number of halogens is 2. The molecule has 2 rings (SSSR count). The lowest BCUT2D eigenvalue weighted by molar-refractivity contribution is 0.280. The van der Waals surface area contributed by atoms with Gasteiger partial charge in [-0.25, -0.2) is 21.9 Å². The van der Waals surface area contributed by atoms with E-state index >= 15 is 0 Å². The Morgan fingerprint density at radius 3 is 2.71 bits per heavy atom. The van der Waals surface area contributed by atoms with Crippen molar-refractivity contribution in [1.29, 1.82) is 0 Å². The topological polar surface area (TPSA) is 105 Å². The van der Waals surface area contributed by atoms with Crippen LogP contribution < -0.4 is 4.72 Å². The molecule has 114 valence electrons. The molecule has 0 amide bonds. The molecule has 2 N–H and O–H groups in total. The van der Waals surface area contributed by atoms with Crippen molar-refractivity contribution in [2.24, 2.45) is 0 Å². The monoisotopic (exact) mass is 319 g/mol. The summed E-state index contributed by atoms with van der Waals surface area (Å²) in [5.74, 6) is -2.65. The van der Waals surface area contributed by atoms with Crippen LogP contribution in [-0.4, -0.2) is 30.2 Å². The zero-order valence-electron chi connectivity index (χ0n) is 10.6. The van der Waals surface area contributed by atoms with Gasteiger partial charge < -0.3 is 9.63 Å². The van der Waals surface area contributed by atoms with E-state index in [0.29, 0.717) is 0 Å². The van der Waals surface area contributed by atoms with Gasteiger partial charge >= 0.3 is 0 Å². The van der Waals surface area contributed by atoms with Crippen molar-refractivity contribution in [3.8, 4) is 0 Å². The van der Waals surface area contributed by atoms with Crippen molar-refractivity contribution < 1.29 is 26.8 Å². The maximum absolute atomic E-state index is 13.6. The van der Waals surface area contributed by atoms with Crippen LogP contribution in [0.15, 0.2) is 27.9 Å². The Kier molecular flexibility index (Phi) is 4.60. The minimum Gasteiger partial charge on any atom is -0.392 e. The first-order chi connectivity index (χ1) is 9.94. The van der Waals surface area contributed by atoms with Gasteiger partial charge in [-0.05, 0) is 17.7 Å². The smallest absolute Gasteiger partial charge is 0.243 e. The lowest BCUT2D eigenvalue weighted by Gasteiger charge is -2.09. The van der Waals surface area contributed by atoms with Crippen LogP contribution in [0.3, 0.4) is 0 Å². The molecule has 21 heavy (non-hydrogen) atoms. The number of aromatic nitrogens is 2. The van der Waals surface area contributed by atoms with Crippen LogP contribution in [-0.2, 0) is 23.1 Å². The predicted molar refractivity (Wildman–Crippen MR) is 65.5 cm³/mol. The van der Waals surface area contributed by atoms with Gasteiger partial charge in [0.2, 0.25) is 15.9 Å². The normalized spacial score (nSPS) is 11.8. The highest BCUT2D eigenvalue weighted by Crippen LogP contribution is 2.19. The first kappa shape index (κ1) is 15.5. The van der Waals surface area contributed by atoms with Gasteiger partial charge in [-0.3, -0.25) is 0 Å². The third-order valence-electron chi connectivity index (χ3n) is 2.56. The molecule has 0 radical (unpaired) electrons. The fraction of sp³-hybridized carbons (Fsp3) is 0.273. The van der Waals surface area contributed by atoms with Crippen molar-refractivity contribution >= 4 is 10.0 Å². The summed E-state index contributed by atoms with van der Waals surface area (Å²) >= 11 is 0. The molecule has 0 aliphatic rings. The molecule has 0 saturated carbocycles. The first-order valence-corrected chi connectivity index (χ1v) is 7.26. The van der Waals surface area contributed by atoms with E-state index in [1.165, 1.54) is 0 Å². The Balaban J connectivity index is 2.17. The van der Waals surface area contributed by atoms with Crippen LogP contribution in [0.4, 0.5) is 8.78 Å². The zero-order chi connectivity index (χ0) is 15.5. The molecule has 10 heteroatoms. The van der Waals surface area contributed by atoms with Gasteiger partial charge in [0.15, 0.2) is 18.0 Å². The van der Waals surface area contributed by atoms with E-state index in [2.05, 4.69) is 19.4 Å². The second kappa shape index (κ2) is 6.24. The second-order valence-corrected chi connectivity index (χ2v) is 5.77. The molecule has 1 heterocycles.